The lowest BCUT2D eigenvalue weighted by molar-refractivity contribution is 0.293. The summed E-state index contributed by atoms with van der Waals surface area (Å²) in [7, 11) is -3.54. The van der Waals surface area contributed by atoms with Crippen LogP contribution in [-0.2, 0) is 20.7 Å². The maximum Gasteiger partial charge on any atom is 0.264 e. The number of benzene rings is 2. The molecule has 0 aliphatic carbocycles. The van der Waals surface area contributed by atoms with Gasteiger partial charge in [0.15, 0.2) is 0 Å². The van der Waals surface area contributed by atoms with E-state index >= 15 is 0 Å². The monoisotopic (exact) mass is 392 g/mol. The SMILES string of the molecule is CS(=O)(=O)OCC(Cc1c(Cl)cccc1Cl)c1ccc(Cl)cc1. The molecule has 0 fully saturated rings. The van der Waals surface area contributed by atoms with Crippen LogP contribution in [0.25, 0.3) is 0 Å². The Kier molecular flexibility index (Phi) is 6.34. The quantitative estimate of drug-likeness (QED) is 0.652. The number of hydrogen-bond acceptors (Lipinski definition) is 3. The van der Waals surface area contributed by atoms with Gasteiger partial charge in [-0.25, -0.2) is 0 Å². The summed E-state index contributed by atoms with van der Waals surface area (Å²) in [4.78, 5) is 0. The summed E-state index contributed by atoms with van der Waals surface area (Å²) >= 11 is 18.3. The molecule has 2 rings (SSSR count). The summed E-state index contributed by atoms with van der Waals surface area (Å²) < 4.78 is 27.6. The van der Waals surface area contributed by atoms with Gasteiger partial charge in [-0.2, -0.15) is 8.42 Å². The van der Waals surface area contributed by atoms with Crippen LogP contribution in [0.5, 0.6) is 0 Å². The van der Waals surface area contributed by atoms with Crippen LogP contribution in [0.2, 0.25) is 15.1 Å². The Bertz CT molecular complexity index is 753. The maximum absolute atomic E-state index is 11.3. The fourth-order valence-corrected chi connectivity index (χ4v) is 3.28. The molecule has 2 aromatic rings. The highest BCUT2D eigenvalue weighted by molar-refractivity contribution is 7.85. The van der Waals surface area contributed by atoms with E-state index in [9.17, 15) is 8.42 Å². The van der Waals surface area contributed by atoms with Gasteiger partial charge >= 0.3 is 0 Å². The van der Waals surface area contributed by atoms with Crippen LogP contribution in [0.3, 0.4) is 0 Å². The van der Waals surface area contributed by atoms with E-state index in [1.807, 2.05) is 12.1 Å². The predicted molar refractivity (Wildman–Crippen MR) is 95.2 cm³/mol. The highest BCUT2D eigenvalue weighted by Gasteiger charge is 2.19. The molecule has 0 bridgehead atoms. The lowest BCUT2D eigenvalue weighted by atomic mass is 9.92. The van der Waals surface area contributed by atoms with Crippen molar-refractivity contribution in [3.8, 4) is 0 Å². The van der Waals surface area contributed by atoms with E-state index in [2.05, 4.69) is 0 Å². The number of rotatable bonds is 6. The minimum Gasteiger partial charge on any atom is -0.270 e. The Labute approximate surface area is 151 Å². The first-order valence-corrected chi connectivity index (χ1v) is 9.74. The Hall–Kier alpha value is -0.780. The summed E-state index contributed by atoms with van der Waals surface area (Å²) in [5.41, 5.74) is 1.65. The van der Waals surface area contributed by atoms with Crippen molar-refractivity contribution in [3.05, 3.63) is 68.7 Å². The molecule has 0 saturated heterocycles. The molecule has 0 saturated carbocycles. The number of halogens is 3. The maximum atomic E-state index is 11.3. The van der Waals surface area contributed by atoms with Crippen molar-refractivity contribution in [2.24, 2.45) is 0 Å². The third kappa shape index (κ3) is 5.66. The van der Waals surface area contributed by atoms with Crippen LogP contribution in [-0.4, -0.2) is 21.3 Å². The molecule has 0 N–H and O–H groups in total. The lowest BCUT2D eigenvalue weighted by Gasteiger charge is -2.18. The summed E-state index contributed by atoms with van der Waals surface area (Å²) in [5, 5.41) is 1.68. The van der Waals surface area contributed by atoms with E-state index in [0.29, 0.717) is 21.5 Å². The third-order valence-electron chi connectivity index (χ3n) is 3.34. The zero-order chi connectivity index (χ0) is 17.0. The Balaban J connectivity index is 2.31. The van der Waals surface area contributed by atoms with Gasteiger partial charge in [-0.05, 0) is 41.8 Å². The first-order chi connectivity index (χ1) is 10.8. The first kappa shape index (κ1) is 18.6. The summed E-state index contributed by atoms with van der Waals surface area (Å²) in [6.07, 6.45) is 1.48. The van der Waals surface area contributed by atoms with Gasteiger partial charge in [0.1, 0.15) is 0 Å². The average molecular weight is 394 g/mol. The molecule has 7 heteroatoms. The number of hydrogen-bond donors (Lipinski definition) is 0. The Morgan fingerprint density at radius 3 is 2.09 bits per heavy atom. The molecular weight excluding hydrogens is 379 g/mol. The second-order valence-electron chi connectivity index (χ2n) is 5.14. The van der Waals surface area contributed by atoms with E-state index in [1.165, 1.54) is 0 Å². The molecule has 1 unspecified atom stereocenters. The van der Waals surface area contributed by atoms with E-state index in [0.717, 1.165) is 17.4 Å². The summed E-state index contributed by atoms with van der Waals surface area (Å²) in [6, 6.07) is 12.4. The minimum atomic E-state index is -3.54. The molecule has 0 aliphatic heterocycles. The van der Waals surface area contributed by atoms with Crippen LogP contribution < -0.4 is 0 Å². The molecule has 3 nitrogen and oxygen atoms in total. The van der Waals surface area contributed by atoms with Gasteiger partial charge in [0.05, 0.1) is 12.9 Å². The summed E-state index contributed by atoms with van der Waals surface area (Å²) in [5.74, 6) is -0.223. The molecule has 0 heterocycles. The van der Waals surface area contributed by atoms with E-state index in [4.69, 9.17) is 39.0 Å². The van der Waals surface area contributed by atoms with Crippen molar-refractivity contribution in [1.29, 1.82) is 0 Å². The molecule has 2 aromatic carbocycles. The largest absolute Gasteiger partial charge is 0.270 e. The van der Waals surface area contributed by atoms with Crippen molar-refractivity contribution >= 4 is 44.9 Å². The molecular formula is C16H15Cl3O3S. The minimum absolute atomic E-state index is 0.00200. The van der Waals surface area contributed by atoms with Crippen LogP contribution in [0.15, 0.2) is 42.5 Å². The molecule has 0 amide bonds. The first-order valence-electron chi connectivity index (χ1n) is 6.79. The Morgan fingerprint density at radius 2 is 1.57 bits per heavy atom. The van der Waals surface area contributed by atoms with Crippen molar-refractivity contribution in [1.82, 2.24) is 0 Å². The molecule has 0 aromatic heterocycles. The van der Waals surface area contributed by atoms with Gasteiger partial charge in [0, 0.05) is 21.0 Å². The van der Waals surface area contributed by atoms with Crippen molar-refractivity contribution in [2.75, 3.05) is 12.9 Å². The molecule has 124 valence electrons. The van der Waals surface area contributed by atoms with Gasteiger partial charge in [-0.15, -0.1) is 0 Å². The topological polar surface area (TPSA) is 43.4 Å². The highest BCUT2D eigenvalue weighted by atomic mass is 35.5. The lowest BCUT2D eigenvalue weighted by Crippen LogP contribution is -2.15. The van der Waals surface area contributed by atoms with Gasteiger partial charge in [0.25, 0.3) is 10.1 Å². The van der Waals surface area contributed by atoms with Crippen molar-refractivity contribution in [3.63, 3.8) is 0 Å². The van der Waals surface area contributed by atoms with Gasteiger partial charge in [-0.3, -0.25) is 4.18 Å². The zero-order valence-electron chi connectivity index (χ0n) is 12.3. The van der Waals surface area contributed by atoms with E-state index in [1.54, 1.807) is 30.3 Å². The predicted octanol–water partition coefficient (Wildman–Crippen LogP) is 4.95. The molecule has 1 atom stereocenters. The van der Waals surface area contributed by atoms with Crippen molar-refractivity contribution in [2.45, 2.75) is 12.3 Å². The third-order valence-corrected chi connectivity index (χ3v) is 4.86. The Morgan fingerprint density at radius 1 is 1.00 bits per heavy atom. The van der Waals surface area contributed by atoms with Gasteiger partial charge < -0.3 is 0 Å². The molecule has 23 heavy (non-hydrogen) atoms. The van der Waals surface area contributed by atoms with E-state index in [-0.39, 0.29) is 12.5 Å². The zero-order valence-corrected chi connectivity index (χ0v) is 15.4. The fraction of sp³-hybridized carbons (Fsp3) is 0.250. The average Bonchev–Trinajstić information content (AvgIpc) is 2.46. The second-order valence-corrected chi connectivity index (χ2v) is 8.04. The second kappa shape index (κ2) is 7.86. The van der Waals surface area contributed by atoms with Crippen LogP contribution in [0.1, 0.15) is 17.0 Å². The van der Waals surface area contributed by atoms with Gasteiger partial charge in [-0.1, -0.05) is 53.0 Å². The smallest absolute Gasteiger partial charge is 0.264 e. The highest BCUT2D eigenvalue weighted by Crippen LogP contribution is 2.31. The van der Waals surface area contributed by atoms with Crippen molar-refractivity contribution < 1.29 is 12.6 Å². The van der Waals surface area contributed by atoms with Crippen LogP contribution in [0.4, 0.5) is 0 Å². The molecule has 0 spiro atoms. The molecule has 0 radical (unpaired) electrons. The molecule has 0 aliphatic rings. The van der Waals surface area contributed by atoms with Gasteiger partial charge in [0.2, 0.25) is 0 Å². The normalized spacial score (nSPS) is 13.0. The fourth-order valence-electron chi connectivity index (χ4n) is 2.19. The summed E-state index contributed by atoms with van der Waals surface area (Å²) in [6.45, 7) is 0.00200. The van der Waals surface area contributed by atoms with E-state index < -0.39 is 10.1 Å². The van der Waals surface area contributed by atoms with Crippen LogP contribution >= 0.6 is 34.8 Å². The van der Waals surface area contributed by atoms with Crippen LogP contribution in [0, 0.1) is 0 Å². The standard InChI is InChI=1S/C16H15Cl3O3S/c1-23(20,21)22-10-12(11-5-7-13(17)8-6-11)9-14-15(18)3-2-4-16(14)19/h2-8,12H,9-10H2,1H3.